The van der Waals surface area contributed by atoms with E-state index in [4.69, 9.17) is 4.52 Å². The van der Waals surface area contributed by atoms with Crippen LogP contribution in [0.1, 0.15) is 36.3 Å². The van der Waals surface area contributed by atoms with Gasteiger partial charge < -0.3 is 24.5 Å². The predicted octanol–water partition coefficient (Wildman–Crippen LogP) is 3.73. The second-order valence-electron chi connectivity index (χ2n) is 9.49. The summed E-state index contributed by atoms with van der Waals surface area (Å²) in [6, 6.07) is 14.2. The molecule has 188 valence electrons. The first-order valence-corrected chi connectivity index (χ1v) is 12.5. The highest BCUT2D eigenvalue weighted by atomic mass is 16.5. The van der Waals surface area contributed by atoms with Gasteiger partial charge in [-0.05, 0) is 68.3 Å². The molecule has 9 heteroatoms. The highest BCUT2D eigenvalue weighted by molar-refractivity contribution is 5.96. The summed E-state index contributed by atoms with van der Waals surface area (Å²) in [6.45, 7) is 10.2. The van der Waals surface area contributed by atoms with Crippen LogP contribution in [0.25, 0.3) is 11.4 Å². The molecule has 2 aliphatic rings. The molecule has 0 spiro atoms. The number of anilines is 2. The molecule has 3 heterocycles. The second-order valence-corrected chi connectivity index (χ2v) is 9.49. The maximum atomic E-state index is 12.7. The van der Waals surface area contributed by atoms with Gasteiger partial charge >= 0.3 is 6.03 Å². The lowest BCUT2D eigenvalue weighted by atomic mass is 10.1. The van der Waals surface area contributed by atoms with Crippen LogP contribution >= 0.6 is 0 Å². The van der Waals surface area contributed by atoms with Crippen molar-refractivity contribution >= 4 is 23.3 Å². The number of nitrogens with zero attached hydrogens (tertiary/aromatic N) is 5. The van der Waals surface area contributed by atoms with Crippen LogP contribution in [0.15, 0.2) is 47.0 Å². The van der Waals surface area contributed by atoms with Crippen LogP contribution in [-0.2, 0) is 4.79 Å². The van der Waals surface area contributed by atoms with Crippen LogP contribution in [0, 0.1) is 13.8 Å². The molecule has 3 aromatic rings. The number of aromatic nitrogens is 2. The van der Waals surface area contributed by atoms with Gasteiger partial charge in [-0.3, -0.25) is 4.79 Å². The fourth-order valence-electron chi connectivity index (χ4n) is 4.79. The van der Waals surface area contributed by atoms with Crippen LogP contribution in [0.2, 0.25) is 0 Å². The molecule has 2 aromatic carbocycles. The van der Waals surface area contributed by atoms with Gasteiger partial charge in [0, 0.05) is 62.6 Å². The van der Waals surface area contributed by atoms with Crippen LogP contribution in [0.4, 0.5) is 16.2 Å². The molecule has 3 amide bonds. The summed E-state index contributed by atoms with van der Waals surface area (Å²) in [5.74, 6) is 0.963. The predicted molar refractivity (Wildman–Crippen MR) is 138 cm³/mol. The molecule has 36 heavy (non-hydrogen) atoms. The van der Waals surface area contributed by atoms with E-state index in [2.05, 4.69) is 40.3 Å². The van der Waals surface area contributed by atoms with Crippen LogP contribution in [0.3, 0.4) is 0 Å². The zero-order chi connectivity index (χ0) is 25.2. The zero-order valence-corrected chi connectivity index (χ0v) is 21.0. The maximum absolute atomic E-state index is 12.7. The highest BCUT2D eigenvalue weighted by Crippen LogP contribution is 2.33. The number of amides is 3. The van der Waals surface area contributed by atoms with E-state index < -0.39 is 0 Å². The first-order chi connectivity index (χ1) is 17.4. The molecule has 2 saturated heterocycles. The number of nitrogens with one attached hydrogen (secondary N) is 1. The Kier molecular flexibility index (Phi) is 6.63. The Labute approximate surface area is 211 Å². The van der Waals surface area contributed by atoms with Crippen molar-refractivity contribution < 1.29 is 14.1 Å². The molecule has 9 nitrogen and oxygen atoms in total. The first kappa shape index (κ1) is 23.8. The first-order valence-electron chi connectivity index (χ1n) is 12.5. The largest absolute Gasteiger partial charge is 0.368 e. The van der Waals surface area contributed by atoms with E-state index >= 15 is 0 Å². The minimum absolute atomic E-state index is 0.00136. The molecular weight excluding hydrogens is 456 g/mol. The van der Waals surface area contributed by atoms with Gasteiger partial charge in [0.1, 0.15) is 0 Å². The smallest absolute Gasteiger partial charge is 0.317 e. The van der Waals surface area contributed by atoms with E-state index in [-0.39, 0.29) is 17.9 Å². The van der Waals surface area contributed by atoms with E-state index in [0.29, 0.717) is 44.3 Å². The van der Waals surface area contributed by atoms with Crippen LogP contribution < -0.4 is 15.1 Å². The number of piperazine rings is 1. The Morgan fingerprint density at radius 2 is 1.75 bits per heavy atom. The minimum Gasteiger partial charge on any atom is -0.368 e. The molecule has 0 radical (unpaired) electrons. The van der Waals surface area contributed by atoms with Crippen molar-refractivity contribution in [3.63, 3.8) is 0 Å². The van der Waals surface area contributed by atoms with Crippen molar-refractivity contribution in [2.45, 2.75) is 33.1 Å². The van der Waals surface area contributed by atoms with Gasteiger partial charge in [-0.15, -0.1) is 0 Å². The maximum Gasteiger partial charge on any atom is 0.317 e. The molecule has 5 rings (SSSR count). The SMILES string of the molecule is CCNC(=O)N1CCN(c2ccc(-c3noc([C@@H]4CC(=O)N(c5ccc(C)c(C)c5)C4)n3)cc2)CC1. The molecule has 0 bridgehead atoms. The van der Waals surface area contributed by atoms with E-state index in [0.717, 1.165) is 35.6 Å². The lowest BCUT2D eigenvalue weighted by molar-refractivity contribution is -0.117. The number of hydrogen-bond donors (Lipinski definition) is 1. The average molecular weight is 489 g/mol. The molecule has 2 aliphatic heterocycles. The lowest BCUT2D eigenvalue weighted by Gasteiger charge is -2.36. The Balaban J connectivity index is 1.22. The third kappa shape index (κ3) is 4.78. The molecule has 2 fully saturated rings. The monoisotopic (exact) mass is 488 g/mol. The number of aryl methyl sites for hydroxylation is 2. The summed E-state index contributed by atoms with van der Waals surface area (Å²) in [6.07, 6.45) is 0.357. The topological polar surface area (TPSA) is 94.8 Å². The van der Waals surface area contributed by atoms with Gasteiger partial charge in [0.25, 0.3) is 0 Å². The van der Waals surface area contributed by atoms with Crippen LogP contribution in [-0.4, -0.2) is 66.2 Å². The normalized spacial score (nSPS) is 18.1. The van der Waals surface area contributed by atoms with E-state index in [1.807, 2.05) is 48.2 Å². The van der Waals surface area contributed by atoms with Gasteiger partial charge in [-0.25, -0.2) is 4.79 Å². The Morgan fingerprint density at radius 3 is 2.44 bits per heavy atom. The third-order valence-corrected chi connectivity index (χ3v) is 7.10. The van der Waals surface area contributed by atoms with Crippen molar-refractivity contribution in [1.82, 2.24) is 20.4 Å². The zero-order valence-electron chi connectivity index (χ0n) is 21.0. The molecule has 0 aliphatic carbocycles. The second kappa shape index (κ2) is 10.0. The van der Waals surface area contributed by atoms with Crippen molar-refractivity contribution in [2.75, 3.05) is 49.1 Å². The van der Waals surface area contributed by atoms with Crippen LogP contribution in [0.5, 0.6) is 0 Å². The Bertz CT molecular complexity index is 1250. The number of carbonyl (C=O) groups excluding carboxylic acids is 2. The number of urea groups is 1. The summed E-state index contributed by atoms with van der Waals surface area (Å²) in [5, 5.41) is 7.05. The van der Waals surface area contributed by atoms with Crippen molar-refractivity contribution in [2.24, 2.45) is 0 Å². The molecule has 0 saturated carbocycles. The highest BCUT2D eigenvalue weighted by Gasteiger charge is 2.35. The summed E-state index contributed by atoms with van der Waals surface area (Å²) in [5.41, 5.74) is 5.24. The van der Waals surface area contributed by atoms with E-state index in [9.17, 15) is 9.59 Å². The Morgan fingerprint density at radius 1 is 1.03 bits per heavy atom. The third-order valence-electron chi connectivity index (χ3n) is 7.10. The minimum atomic E-state index is -0.124. The van der Waals surface area contributed by atoms with Gasteiger partial charge in [0.05, 0.1) is 5.92 Å². The molecule has 1 N–H and O–H groups in total. The van der Waals surface area contributed by atoms with Gasteiger partial charge in [0.2, 0.25) is 17.6 Å². The van der Waals surface area contributed by atoms with Crippen molar-refractivity contribution in [3.05, 3.63) is 59.5 Å². The molecule has 0 unspecified atom stereocenters. The summed E-state index contributed by atoms with van der Waals surface area (Å²) in [4.78, 5) is 35.3. The summed E-state index contributed by atoms with van der Waals surface area (Å²) >= 11 is 0. The quantitative estimate of drug-likeness (QED) is 0.588. The fourth-order valence-corrected chi connectivity index (χ4v) is 4.79. The van der Waals surface area contributed by atoms with Gasteiger partial charge in [0.15, 0.2) is 0 Å². The molecule has 1 aromatic heterocycles. The van der Waals surface area contributed by atoms with E-state index in [1.165, 1.54) is 5.56 Å². The summed E-state index contributed by atoms with van der Waals surface area (Å²) in [7, 11) is 0. The molecular formula is C27H32N6O3. The number of benzene rings is 2. The lowest BCUT2D eigenvalue weighted by Crippen LogP contribution is -2.51. The molecule has 1 atom stereocenters. The summed E-state index contributed by atoms with van der Waals surface area (Å²) < 4.78 is 5.59. The van der Waals surface area contributed by atoms with Crippen molar-refractivity contribution in [3.8, 4) is 11.4 Å². The van der Waals surface area contributed by atoms with E-state index in [1.54, 1.807) is 4.90 Å². The number of hydrogen-bond acceptors (Lipinski definition) is 6. The number of rotatable bonds is 5. The van der Waals surface area contributed by atoms with Gasteiger partial charge in [-0.1, -0.05) is 11.2 Å². The van der Waals surface area contributed by atoms with Gasteiger partial charge in [-0.2, -0.15) is 4.98 Å². The standard InChI is InChI=1S/C27H32N6O3/c1-4-28-27(35)32-13-11-31(12-14-32)22-9-6-20(7-10-22)25-29-26(36-30-25)21-16-24(34)33(17-21)23-8-5-18(2)19(3)15-23/h5-10,15,21H,4,11-14,16-17H2,1-3H3,(H,28,35)/t21-/m1/s1. The average Bonchev–Trinajstić information content (AvgIpc) is 3.53. The fraction of sp³-hybridized carbons (Fsp3) is 0.407. The number of carbonyl (C=O) groups is 2. The Hall–Kier alpha value is -3.88. The van der Waals surface area contributed by atoms with Crippen molar-refractivity contribution in [1.29, 1.82) is 0 Å².